The quantitative estimate of drug-likeness (QED) is 0.106. The molecule has 4 rings (SSSR count). The van der Waals surface area contributed by atoms with E-state index in [4.69, 9.17) is 63.8 Å². The van der Waals surface area contributed by atoms with Gasteiger partial charge in [-0.2, -0.15) is 0 Å². The Morgan fingerprint density at radius 2 is 1.31 bits per heavy atom. The van der Waals surface area contributed by atoms with Gasteiger partial charge < -0.3 is 74.1 Å². The summed E-state index contributed by atoms with van der Waals surface area (Å²) >= 11 is 0. The monoisotopic (exact) mass is 724 g/mol. The van der Waals surface area contributed by atoms with Crippen molar-refractivity contribution < 1.29 is 64.8 Å². The van der Waals surface area contributed by atoms with E-state index in [1.165, 1.54) is 19.1 Å². The predicted octanol–water partition coefficient (Wildman–Crippen LogP) is -1.54. The van der Waals surface area contributed by atoms with E-state index in [-0.39, 0.29) is 18.2 Å². The topological polar surface area (TPSA) is 379 Å². The number of rotatable bonds is 11. The lowest BCUT2D eigenvalue weighted by atomic mass is 10.1. The zero-order valence-corrected chi connectivity index (χ0v) is 27.8. The van der Waals surface area contributed by atoms with Crippen molar-refractivity contribution in [1.82, 2.24) is 10.3 Å². The largest absolute Gasteiger partial charge is 0.508 e. The van der Waals surface area contributed by atoms with E-state index in [0.29, 0.717) is 6.42 Å². The first-order chi connectivity index (χ1) is 23.8. The third kappa shape index (κ3) is 19.0. The van der Waals surface area contributed by atoms with Crippen molar-refractivity contribution in [3.63, 3.8) is 0 Å². The molecule has 2 heterocycles. The first kappa shape index (κ1) is 45.9. The van der Waals surface area contributed by atoms with Crippen LogP contribution in [0.25, 0.3) is 10.9 Å². The number of phenolic OH excluding ortho intramolecular Hbond substituents is 1. The molecule has 284 valence electrons. The molecule has 1 fully saturated rings. The molecule has 3 aromatic rings. The lowest BCUT2D eigenvalue weighted by Gasteiger charge is -2.06. The van der Waals surface area contributed by atoms with E-state index in [9.17, 15) is 24.0 Å². The number of aromatic amines is 1. The Morgan fingerprint density at radius 1 is 0.784 bits per heavy atom. The Kier molecular flexibility index (Phi) is 21.6. The molecule has 1 aliphatic rings. The number of hydrogen-bond donors (Lipinski definition) is 14. The molecule has 0 radical (unpaired) electrons. The molecule has 0 saturated carbocycles. The van der Waals surface area contributed by atoms with Gasteiger partial charge in [0.05, 0.1) is 12.7 Å². The fourth-order valence-corrected chi connectivity index (χ4v) is 3.78. The summed E-state index contributed by atoms with van der Waals surface area (Å²) in [4.78, 5) is 53.7. The molecule has 18 N–H and O–H groups in total. The molecular formula is C32H48N6O13. The van der Waals surface area contributed by atoms with Crippen LogP contribution in [0.5, 0.6) is 5.75 Å². The Labute approximate surface area is 292 Å². The average molecular weight is 725 g/mol. The van der Waals surface area contributed by atoms with Crippen molar-refractivity contribution in [3.05, 3.63) is 65.9 Å². The first-order valence-corrected chi connectivity index (χ1v) is 15.3. The normalized spacial score (nSPS) is 15.9. The van der Waals surface area contributed by atoms with Crippen LogP contribution in [0.1, 0.15) is 30.9 Å². The predicted molar refractivity (Wildman–Crippen MR) is 184 cm³/mol. The van der Waals surface area contributed by atoms with E-state index < -0.39 is 66.7 Å². The number of nitrogens with one attached hydrogen (secondary N) is 2. The second-order valence-corrected chi connectivity index (χ2v) is 11.0. The highest BCUT2D eigenvalue weighted by Crippen LogP contribution is 2.18. The number of aromatic hydroxyl groups is 1. The second kappa shape index (κ2) is 24.1. The van der Waals surface area contributed by atoms with Crippen molar-refractivity contribution in [2.45, 2.75) is 68.9 Å². The van der Waals surface area contributed by atoms with E-state index in [1.807, 2.05) is 30.5 Å². The van der Waals surface area contributed by atoms with Crippen LogP contribution >= 0.6 is 0 Å². The summed E-state index contributed by atoms with van der Waals surface area (Å²) in [6.07, 6.45) is 3.24. The molecule has 0 aliphatic carbocycles. The number of hydrogen-bond acceptors (Lipinski definition) is 13. The van der Waals surface area contributed by atoms with Crippen LogP contribution in [0.15, 0.2) is 54.7 Å². The maximum absolute atomic E-state index is 10.6. The summed E-state index contributed by atoms with van der Waals surface area (Å²) in [5.41, 5.74) is 23.2. The summed E-state index contributed by atoms with van der Waals surface area (Å²) in [5.74, 6) is -4.91. The number of nitrogens with two attached hydrogens (primary N) is 4. The minimum absolute atomic E-state index is 0.160. The highest BCUT2D eigenvalue weighted by Gasteiger charge is 2.20. The van der Waals surface area contributed by atoms with E-state index in [1.54, 1.807) is 12.1 Å². The number of carbonyl (C=O) groups is 5. The van der Waals surface area contributed by atoms with Gasteiger partial charge in [0.15, 0.2) is 0 Å². The highest BCUT2D eigenvalue weighted by atomic mass is 16.4. The molecule has 19 nitrogen and oxygen atoms in total. The number of phenols is 1. The number of carboxylic acids is 5. The number of para-hydroxylation sites is 1. The third-order valence-electron chi connectivity index (χ3n) is 6.82. The summed E-state index contributed by atoms with van der Waals surface area (Å²) in [6, 6.07) is 9.79. The van der Waals surface area contributed by atoms with E-state index in [0.717, 1.165) is 41.4 Å². The maximum atomic E-state index is 10.6. The minimum Gasteiger partial charge on any atom is -0.508 e. The van der Waals surface area contributed by atoms with Crippen LogP contribution in [0, 0.1) is 0 Å². The second-order valence-electron chi connectivity index (χ2n) is 11.0. The Morgan fingerprint density at radius 3 is 1.69 bits per heavy atom. The molecule has 0 amide bonds. The van der Waals surface area contributed by atoms with Gasteiger partial charge in [-0.05, 0) is 62.1 Å². The number of fused-ring (bicyclic) bond motifs is 1. The third-order valence-corrected chi connectivity index (χ3v) is 6.82. The van der Waals surface area contributed by atoms with Gasteiger partial charge in [-0.3, -0.25) is 24.0 Å². The first-order valence-electron chi connectivity index (χ1n) is 15.3. The SMILES string of the molecule is C[C@@H](O)[C@H](N)C(=O)O.N[C@@H](CO)C(=O)O.N[C@@H](Cc1c[nH]c2ccccc12)C(=O)O.N[C@@H](Cc1ccc(O)cc1)C(=O)O.O=C(O)[C@@H]1CCCN1. The molecule has 6 atom stereocenters. The minimum atomic E-state index is -1.18. The van der Waals surface area contributed by atoms with E-state index >= 15 is 0 Å². The smallest absolute Gasteiger partial charge is 0.323 e. The molecule has 1 saturated heterocycles. The standard InChI is InChI=1S/C11H12N2O2.C9H11NO3.C5H9NO2.C4H9NO3.C3H7NO3/c12-9(11(14)15)5-7-6-13-10-4-2-1-3-8(7)10;10-8(9(12)13)5-6-1-3-7(11)4-2-6;7-5(8)4-2-1-3-6-4;1-2(6)3(5)4(7)8;4-2(1-5)3(6)7/h1-4,6,9,13H,5,12H2,(H,14,15);1-4,8,11H,5,10H2,(H,12,13);4,6H,1-3H2,(H,7,8);2-3,6H,5H2,1H3,(H,7,8);2,5H,1,4H2,(H,6,7)/t9-;8-;4-;2-,3+;2-/m00010/s1. The van der Waals surface area contributed by atoms with Crippen molar-refractivity contribution in [3.8, 4) is 5.75 Å². The van der Waals surface area contributed by atoms with Crippen molar-refractivity contribution in [1.29, 1.82) is 0 Å². The fourth-order valence-electron chi connectivity index (χ4n) is 3.78. The van der Waals surface area contributed by atoms with Gasteiger partial charge in [-0.25, -0.2) is 0 Å². The number of aromatic nitrogens is 1. The summed E-state index contributed by atoms with van der Waals surface area (Å²) in [6.45, 7) is 1.69. The maximum Gasteiger partial charge on any atom is 0.323 e. The number of aliphatic hydroxyl groups excluding tert-OH is 2. The fraction of sp³-hybridized carbons (Fsp3) is 0.406. The summed E-state index contributed by atoms with van der Waals surface area (Å²) < 4.78 is 0. The van der Waals surface area contributed by atoms with Gasteiger partial charge in [-0.1, -0.05) is 30.3 Å². The van der Waals surface area contributed by atoms with Crippen LogP contribution in [-0.4, -0.2) is 125 Å². The van der Waals surface area contributed by atoms with Crippen LogP contribution in [0.3, 0.4) is 0 Å². The van der Waals surface area contributed by atoms with Gasteiger partial charge in [-0.15, -0.1) is 0 Å². The molecule has 0 unspecified atom stereocenters. The molecule has 2 aromatic carbocycles. The van der Waals surface area contributed by atoms with Gasteiger partial charge in [0.1, 0.15) is 36.0 Å². The van der Waals surface area contributed by atoms with Crippen LogP contribution in [-0.2, 0) is 36.8 Å². The average Bonchev–Trinajstić information content (AvgIpc) is 3.77. The van der Waals surface area contributed by atoms with Crippen molar-refractivity contribution in [2.24, 2.45) is 22.9 Å². The van der Waals surface area contributed by atoms with E-state index in [2.05, 4.69) is 10.3 Å². The summed E-state index contributed by atoms with van der Waals surface area (Å²) in [5, 5.41) is 70.9. The van der Waals surface area contributed by atoms with Crippen LogP contribution < -0.4 is 28.3 Å². The number of benzene rings is 2. The molecule has 1 aliphatic heterocycles. The molecule has 0 bridgehead atoms. The van der Waals surface area contributed by atoms with Gasteiger partial charge in [0.25, 0.3) is 0 Å². The van der Waals surface area contributed by atoms with Crippen LogP contribution in [0.2, 0.25) is 0 Å². The Hall–Kier alpha value is -5.15. The lowest BCUT2D eigenvalue weighted by molar-refractivity contribution is -0.141. The lowest BCUT2D eigenvalue weighted by Crippen LogP contribution is -2.39. The van der Waals surface area contributed by atoms with Crippen LogP contribution in [0.4, 0.5) is 0 Å². The van der Waals surface area contributed by atoms with Gasteiger partial charge in [0, 0.05) is 23.5 Å². The number of carboxylic acid groups (broad SMARTS) is 5. The molecular weight excluding hydrogens is 676 g/mol. The highest BCUT2D eigenvalue weighted by molar-refractivity contribution is 5.84. The number of aliphatic carboxylic acids is 5. The van der Waals surface area contributed by atoms with Crippen molar-refractivity contribution >= 4 is 40.7 Å². The van der Waals surface area contributed by atoms with Gasteiger partial charge in [0.2, 0.25) is 0 Å². The molecule has 51 heavy (non-hydrogen) atoms. The zero-order valence-electron chi connectivity index (χ0n) is 27.8. The van der Waals surface area contributed by atoms with Gasteiger partial charge >= 0.3 is 29.8 Å². The zero-order chi connectivity index (χ0) is 39.3. The Balaban J connectivity index is 0.000000636. The number of aliphatic hydroxyl groups is 2. The Bertz CT molecular complexity index is 1500. The molecule has 0 spiro atoms. The molecule has 1 aromatic heterocycles. The van der Waals surface area contributed by atoms with Crippen molar-refractivity contribution in [2.75, 3.05) is 13.2 Å². The number of H-pyrrole nitrogens is 1. The molecule has 19 heteroatoms. The summed E-state index contributed by atoms with van der Waals surface area (Å²) in [7, 11) is 0.